The van der Waals surface area contributed by atoms with Gasteiger partial charge in [0.2, 0.25) is 5.91 Å². The standard InChI is InChI=1S/C12H24N2O4/c1-4-18-12(17)9(6-5-7-15)14-11(16)10(13)8(2)3/h8-10,15H,4-7,13H2,1-3H3,(H,14,16)/t9-,10+/m1/s1. The van der Waals surface area contributed by atoms with E-state index in [-0.39, 0.29) is 25.0 Å². The molecule has 0 aliphatic rings. The lowest BCUT2D eigenvalue weighted by Gasteiger charge is -2.21. The highest BCUT2D eigenvalue weighted by Crippen LogP contribution is 2.03. The lowest BCUT2D eigenvalue weighted by molar-refractivity contribution is -0.147. The van der Waals surface area contributed by atoms with Gasteiger partial charge in [-0.3, -0.25) is 4.79 Å². The molecule has 0 rings (SSSR count). The molecule has 0 aliphatic heterocycles. The molecule has 0 aromatic rings. The minimum atomic E-state index is -0.741. The molecular formula is C12H24N2O4. The molecule has 4 N–H and O–H groups in total. The van der Waals surface area contributed by atoms with Crippen molar-refractivity contribution in [1.29, 1.82) is 0 Å². The lowest BCUT2D eigenvalue weighted by Crippen LogP contribution is -2.50. The van der Waals surface area contributed by atoms with E-state index in [2.05, 4.69) is 5.32 Å². The number of aliphatic hydroxyl groups is 1. The number of nitrogens with two attached hydrogens (primary N) is 1. The van der Waals surface area contributed by atoms with Crippen LogP contribution >= 0.6 is 0 Å². The van der Waals surface area contributed by atoms with E-state index < -0.39 is 18.1 Å². The summed E-state index contributed by atoms with van der Waals surface area (Å²) in [7, 11) is 0. The molecule has 1 amide bonds. The summed E-state index contributed by atoms with van der Waals surface area (Å²) in [5.74, 6) is -0.873. The molecule has 2 atom stereocenters. The normalized spacial score (nSPS) is 14.1. The highest BCUT2D eigenvalue weighted by molar-refractivity contribution is 5.87. The zero-order valence-corrected chi connectivity index (χ0v) is 11.3. The quantitative estimate of drug-likeness (QED) is 0.524. The molecule has 6 nitrogen and oxygen atoms in total. The number of carbonyl (C=O) groups is 2. The Morgan fingerprint density at radius 2 is 2.00 bits per heavy atom. The Hall–Kier alpha value is -1.14. The minimum Gasteiger partial charge on any atom is -0.464 e. The summed E-state index contributed by atoms with van der Waals surface area (Å²) < 4.78 is 4.87. The number of aliphatic hydroxyl groups excluding tert-OH is 1. The third-order valence-corrected chi connectivity index (χ3v) is 2.56. The topological polar surface area (TPSA) is 102 Å². The molecular weight excluding hydrogens is 236 g/mol. The largest absolute Gasteiger partial charge is 0.464 e. The average molecular weight is 260 g/mol. The number of ether oxygens (including phenoxy) is 1. The first kappa shape index (κ1) is 16.9. The average Bonchev–Trinajstić information content (AvgIpc) is 2.33. The smallest absolute Gasteiger partial charge is 0.328 e. The third-order valence-electron chi connectivity index (χ3n) is 2.56. The fraction of sp³-hybridized carbons (Fsp3) is 0.833. The van der Waals surface area contributed by atoms with Crippen LogP contribution in [-0.4, -0.2) is 42.3 Å². The maximum atomic E-state index is 11.8. The molecule has 18 heavy (non-hydrogen) atoms. The maximum absolute atomic E-state index is 11.8. The molecule has 0 aromatic heterocycles. The van der Waals surface area contributed by atoms with Crippen molar-refractivity contribution in [3.05, 3.63) is 0 Å². The molecule has 0 spiro atoms. The fourth-order valence-corrected chi connectivity index (χ4v) is 1.36. The fourth-order valence-electron chi connectivity index (χ4n) is 1.36. The number of hydrogen-bond donors (Lipinski definition) is 3. The van der Waals surface area contributed by atoms with Gasteiger partial charge in [0, 0.05) is 6.61 Å². The zero-order valence-electron chi connectivity index (χ0n) is 11.3. The van der Waals surface area contributed by atoms with E-state index in [4.69, 9.17) is 15.6 Å². The van der Waals surface area contributed by atoms with Gasteiger partial charge in [-0.05, 0) is 25.7 Å². The molecule has 0 heterocycles. The third kappa shape index (κ3) is 5.97. The van der Waals surface area contributed by atoms with E-state index in [1.807, 2.05) is 13.8 Å². The summed E-state index contributed by atoms with van der Waals surface area (Å²) in [6, 6.07) is -1.40. The SMILES string of the molecule is CCOC(=O)[C@@H](CCCO)NC(=O)[C@@H](N)C(C)C. The maximum Gasteiger partial charge on any atom is 0.328 e. The van der Waals surface area contributed by atoms with Crippen molar-refractivity contribution < 1.29 is 19.4 Å². The summed E-state index contributed by atoms with van der Waals surface area (Å²) in [5, 5.41) is 11.3. The second-order valence-electron chi connectivity index (χ2n) is 4.45. The van der Waals surface area contributed by atoms with Crippen LogP contribution in [0.2, 0.25) is 0 Å². The van der Waals surface area contributed by atoms with Gasteiger partial charge in [0.05, 0.1) is 12.6 Å². The molecule has 0 aromatic carbocycles. The van der Waals surface area contributed by atoms with E-state index >= 15 is 0 Å². The molecule has 0 aliphatic carbocycles. The van der Waals surface area contributed by atoms with Gasteiger partial charge in [0.15, 0.2) is 0 Å². The van der Waals surface area contributed by atoms with Crippen molar-refractivity contribution in [2.75, 3.05) is 13.2 Å². The molecule has 6 heteroatoms. The van der Waals surface area contributed by atoms with E-state index in [1.54, 1.807) is 6.92 Å². The van der Waals surface area contributed by atoms with E-state index in [1.165, 1.54) is 0 Å². The number of nitrogens with one attached hydrogen (secondary N) is 1. The number of carbonyl (C=O) groups excluding carboxylic acids is 2. The summed E-state index contributed by atoms with van der Waals surface area (Å²) in [5.41, 5.74) is 5.70. The predicted octanol–water partition coefficient (Wildman–Crippen LogP) is -0.210. The van der Waals surface area contributed by atoms with Crippen molar-refractivity contribution in [3.8, 4) is 0 Å². The Morgan fingerprint density at radius 1 is 1.39 bits per heavy atom. The van der Waals surface area contributed by atoms with Crippen LogP contribution in [0.3, 0.4) is 0 Å². The molecule has 0 unspecified atom stereocenters. The molecule has 0 bridgehead atoms. The second-order valence-corrected chi connectivity index (χ2v) is 4.45. The van der Waals surface area contributed by atoms with Crippen LogP contribution in [0, 0.1) is 5.92 Å². The van der Waals surface area contributed by atoms with Gasteiger partial charge in [-0.2, -0.15) is 0 Å². The molecule has 0 saturated carbocycles. The highest BCUT2D eigenvalue weighted by Gasteiger charge is 2.25. The van der Waals surface area contributed by atoms with Crippen molar-refractivity contribution in [3.63, 3.8) is 0 Å². The van der Waals surface area contributed by atoms with E-state index in [9.17, 15) is 9.59 Å². The van der Waals surface area contributed by atoms with Gasteiger partial charge in [0.25, 0.3) is 0 Å². The van der Waals surface area contributed by atoms with Crippen LogP contribution in [0.5, 0.6) is 0 Å². The summed E-state index contributed by atoms with van der Waals surface area (Å²) in [4.78, 5) is 23.4. The van der Waals surface area contributed by atoms with Crippen LogP contribution in [0.4, 0.5) is 0 Å². The van der Waals surface area contributed by atoms with Crippen LogP contribution < -0.4 is 11.1 Å². The Morgan fingerprint density at radius 3 is 2.44 bits per heavy atom. The number of esters is 1. The van der Waals surface area contributed by atoms with Crippen LogP contribution in [0.25, 0.3) is 0 Å². The summed E-state index contributed by atoms with van der Waals surface area (Å²) in [6.45, 7) is 5.57. The number of amides is 1. The Labute approximate surface area is 108 Å². The first-order valence-corrected chi connectivity index (χ1v) is 6.27. The van der Waals surface area contributed by atoms with Gasteiger partial charge < -0.3 is 20.9 Å². The van der Waals surface area contributed by atoms with Crippen molar-refractivity contribution in [1.82, 2.24) is 5.32 Å². The Bertz CT molecular complexity index is 269. The van der Waals surface area contributed by atoms with Crippen molar-refractivity contribution >= 4 is 11.9 Å². The summed E-state index contributed by atoms with van der Waals surface area (Å²) in [6.07, 6.45) is 0.757. The van der Waals surface area contributed by atoms with Gasteiger partial charge >= 0.3 is 5.97 Å². The zero-order chi connectivity index (χ0) is 14.1. The van der Waals surface area contributed by atoms with Crippen molar-refractivity contribution in [2.24, 2.45) is 11.7 Å². The van der Waals surface area contributed by atoms with Gasteiger partial charge in [0.1, 0.15) is 6.04 Å². The molecule has 0 radical (unpaired) electrons. The number of rotatable bonds is 8. The predicted molar refractivity (Wildman–Crippen MR) is 67.7 cm³/mol. The molecule has 0 fully saturated rings. The Balaban J connectivity index is 4.47. The van der Waals surface area contributed by atoms with Gasteiger partial charge in [-0.25, -0.2) is 4.79 Å². The summed E-state index contributed by atoms with van der Waals surface area (Å²) >= 11 is 0. The second kappa shape index (κ2) is 8.88. The van der Waals surface area contributed by atoms with Crippen molar-refractivity contribution in [2.45, 2.75) is 45.7 Å². The van der Waals surface area contributed by atoms with Gasteiger partial charge in [-0.1, -0.05) is 13.8 Å². The van der Waals surface area contributed by atoms with E-state index in [0.29, 0.717) is 12.8 Å². The lowest BCUT2D eigenvalue weighted by atomic mass is 10.0. The van der Waals surface area contributed by atoms with Crippen LogP contribution in [0.1, 0.15) is 33.6 Å². The number of hydrogen-bond acceptors (Lipinski definition) is 5. The van der Waals surface area contributed by atoms with Crippen LogP contribution in [-0.2, 0) is 14.3 Å². The van der Waals surface area contributed by atoms with Gasteiger partial charge in [-0.15, -0.1) is 0 Å². The monoisotopic (exact) mass is 260 g/mol. The molecule has 0 saturated heterocycles. The first-order chi connectivity index (χ1) is 8.43. The van der Waals surface area contributed by atoms with Crippen LogP contribution in [0.15, 0.2) is 0 Å². The minimum absolute atomic E-state index is 0.00862. The molecule has 106 valence electrons. The Kier molecular flexibility index (Phi) is 8.32. The first-order valence-electron chi connectivity index (χ1n) is 6.27. The highest BCUT2D eigenvalue weighted by atomic mass is 16.5. The van der Waals surface area contributed by atoms with E-state index in [0.717, 1.165) is 0 Å².